The second-order valence-corrected chi connectivity index (χ2v) is 4.29. The molecule has 0 saturated carbocycles. The second kappa shape index (κ2) is 4.24. The highest BCUT2D eigenvalue weighted by atomic mass is 16.5. The van der Waals surface area contributed by atoms with Gasteiger partial charge in [0.05, 0.1) is 5.60 Å². The number of rotatable bonds is 3. The molecule has 0 aromatic carbocycles. The van der Waals surface area contributed by atoms with Crippen molar-refractivity contribution in [2.24, 2.45) is 0 Å². The second-order valence-electron chi connectivity index (χ2n) is 4.29. The smallest absolute Gasteiger partial charge is 0.0778 e. The van der Waals surface area contributed by atoms with Crippen LogP contribution in [0.1, 0.15) is 40.0 Å². The Morgan fingerprint density at radius 3 is 2.67 bits per heavy atom. The van der Waals surface area contributed by atoms with E-state index in [1.54, 1.807) is 0 Å². The van der Waals surface area contributed by atoms with Crippen molar-refractivity contribution in [1.29, 1.82) is 0 Å². The van der Waals surface area contributed by atoms with Gasteiger partial charge in [-0.2, -0.15) is 0 Å². The van der Waals surface area contributed by atoms with Crippen molar-refractivity contribution in [3.8, 4) is 0 Å². The molecule has 1 fully saturated rings. The molecule has 1 saturated heterocycles. The summed E-state index contributed by atoms with van der Waals surface area (Å²) in [7, 11) is 0. The van der Waals surface area contributed by atoms with E-state index < -0.39 is 0 Å². The van der Waals surface area contributed by atoms with E-state index in [1.807, 2.05) is 0 Å². The van der Waals surface area contributed by atoms with Gasteiger partial charge >= 0.3 is 0 Å². The summed E-state index contributed by atoms with van der Waals surface area (Å²) in [5.74, 6) is 0. The molecule has 2 nitrogen and oxygen atoms in total. The molecule has 1 aliphatic rings. The van der Waals surface area contributed by atoms with Gasteiger partial charge in [-0.1, -0.05) is 13.8 Å². The van der Waals surface area contributed by atoms with Gasteiger partial charge in [-0.05, 0) is 26.2 Å². The third-order valence-corrected chi connectivity index (χ3v) is 2.43. The molecule has 1 unspecified atom stereocenters. The van der Waals surface area contributed by atoms with Gasteiger partial charge in [-0.3, -0.25) is 0 Å². The van der Waals surface area contributed by atoms with Gasteiger partial charge in [0, 0.05) is 19.2 Å². The van der Waals surface area contributed by atoms with E-state index in [2.05, 4.69) is 26.1 Å². The monoisotopic (exact) mass is 171 g/mol. The van der Waals surface area contributed by atoms with Gasteiger partial charge in [0.2, 0.25) is 0 Å². The van der Waals surface area contributed by atoms with Gasteiger partial charge in [-0.15, -0.1) is 0 Å². The molecular weight excluding hydrogens is 150 g/mol. The minimum atomic E-state index is 0.0997. The Morgan fingerprint density at radius 2 is 2.17 bits per heavy atom. The zero-order chi connectivity index (χ0) is 9.03. The fraction of sp³-hybridized carbons (Fsp3) is 1.00. The molecule has 72 valence electrons. The molecule has 0 radical (unpaired) electrons. The van der Waals surface area contributed by atoms with Crippen molar-refractivity contribution < 1.29 is 4.74 Å². The topological polar surface area (TPSA) is 21.3 Å². The molecule has 1 rings (SSSR count). The summed E-state index contributed by atoms with van der Waals surface area (Å²) >= 11 is 0. The Hall–Kier alpha value is -0.0800. The van der Waals surface area contributed by atoms with E-state index in [0.717, 1.165) is 13.2 Å². The molecule has 0 aromatic heterocycles. The predicted molar refractivity (Wildman–Crippen MR) is 51.3 cm³/mol. The van der Waals surface area contributed by atoms with Crippen molar-refractivity contribution in [1.82, 2.24) is 5.32 Å². The van der Waals surface area contributed by atoms with Gasteiger partial charge in [0.25, 0.3) is 0 Å². The van der Waals surface area contributed by atoms with Gasteiger partial charge in [-0.25, -0.2) is 0 Å². The standard InChI is InChI=1S/C10H21NO/c1-9(2)11-8-10(3)6-4-5-7-12-10/h9,11H,4-8H2,1-3H3. The van der Waals surface area contributed by atoms with Crippen LogP contribution in [0.5, 0.6) is 0 Å². The van der Waals surface area contributed by atoms with Crippen molar-refractivity contribution in [2.45, 2.75) is 51.7 Å². The Labute approximate surface area is 75.7 Å². The molecule has 1 heterocycles. The molecule has 1 atom stereocenters. The first kappa shape index (κ1) is 10.0. The lowest BCUT2D eigenvalue weighted by atomic mass is 9.96. The van der Waals surface area contributed by atoms with Gasteiger partial charge in [0.15, 0.2) is 0 Å². The van der Waals surface area contributed by atoms with Crippen molar-refractivity contribution in [3.63, 3.8) is 0 Å². The summed E-state index contributed by atoms with van der Waals surface area (Å²) in [6, 6.07) is 0.562. The van der Waals surface area contributed by atoms with Crippen LogP contribution in [0, 0.1) is 0 Å². The van der Waals surface area contributed by atoms with Crippen LogP contribution in [0.2, 0.25) is 0 Å². The third kappa shape index (κ3) is 3.11. The molecular formula is C10H21NO. The Bertz CT molecular complexity index is 128. The maximum absolute atomic E-state index is 5.75. The first-order valence-corrected chi connectivity index (χ1v) is 5.00. The first-order valence-electron chi connectivity index (χ1n) is 5.00. The maximum Gasteiger partial charge on any atom is 0.0778 e. The van der Waals surface area contributed by atoms with Crippen LogP contribution in [0.25, 0.3) is 0 Å². The number of ether oxygens (including phenoxy) is 1. The molecule has 0 aliphatic carbocycles. The highest BCUT2D eigenvalue weighted by Crippen LogP contribution is 2.23. The van der Waals surface area contributed by atoms with E-state index >= 15 is 0 Å². The Kier molecular flexibility index (Phi) is 3.53. The number of hydrogen-bond donors (Lipinski definition) is 1. The highest BCUT2D eigenvalue weighted by molar-refractivity contribution is 4.81. The molecule has 1 N–H and O–H groups in total. The molecule has 1 aliphatic heterocycles. The lowest BCUT2D eigenvalue weighted by Gasteiger charge is -2.34. The number of nitrogens with one attached hydrogen (secondary N) is 1. The lowest BCUT2D eigenvalue weighted by molar-refractivity contribution is -0.0639. The zero-order valence-electron chi connectivity index (χ0n) is 8.52. The van der Waals surface area contributed by atoms with Crippen LogP contribution in [0.3, 0.4) is 0 Å². The lowest BCUT2D eigenvalue weighted by Crippen LogP contribution is -2.44. The summed E-state index contributed by atoms with van der Waals surface area (Å²) in [5.41, 5.74) is 0.0997. The van der Waals surface area contributed by atoms with Crippen LogP contribution in [-0.4, -0.2) is 24.8 Å². The molecule has 0 aromatic rings. The van der Waals surface area contributed by atoms with Crippen LogP contribution in [0.15, 0.2) is 0 Å². The van der Waals surface area contributed by atoms with E-state index in [4.69, 9.17) is 4.74 Å². The van der Waals surface area contributed by atoms with Crippen molar-refractivity contribution in [3.05, 3.63) is 0 Å². The first-order chi connectivity index (χ1) is 5.62. The molecule has 0 bridgehead atoms. The molecule has 0 spiro atoms. The molecule has 2 heteroatoms. The van der Waals surface area contributed by atoms with E-state index in [-0.39, 0.29) is 5.60 Å². The quantitative estimate of drug-likeness (QED) is 0.700. The fourth-order valence-electron chi connectivity index (χ4n) is 1.55. The Morgan fingerprint density at radius 1 is 1.42 bits per heavy atom. The largest absolute Gasteiger partial charge is 0.374 e. The van der Waals surface area contributed by atoms with Gasteiger partial charge < -0.3 is 10.1 Å². The summed E-state index contributed by atoms with van der Waals surface area (Å²) < 4.78 is 5.75. The summed E-state index contributed by atoms with van der Waals surface area (Å²) in [6.45, 7) is 8.49. The summed E-state index contributed by atoms with van der Waals surface area (Å²) in [5, 5.41) is 3.43. The van der Waals surface area contributed by atoms with Crippen LogP contribution in [-0.2, 0) is 4.74 Å². The predicted octanol–water partition coefficient (Wildman–Crippen LogP) is 1.94. The normalized spacial score (nSPS) is 31.0. The average Bonchev–Trinajstić information content (AvgIpc) is 2.03. The Balaban J connectivity index is 2.26. The summed E-state index contributed by atoms with van der Waals surface area (Å²) in [6.07, 6.45) is 3.75. The molecule has 0 amide bonds. The van der Waals surface area contributed by atoms with Crippen LogP contribution in [0.4, 0.5) is 0 Å². The highest BCUT2D eigenvalue weighted by Gasteiger charge is 2.27. The zero-order valence-corrected chi connectivity index (χ0v) is 8.52. The average molecular weight is 171 g/mol. The van der Waals surface area contributed by atoms with E-state index in [9.17, 15) is 0 Å². The van der Waals surface area contributed by atoms with E-state index in [1.165, 1.54) is 19.3 Å². The fourth-order valence-corrected chi connectivity index (χ4v) is 1.55. The minimum absolute atomic E-state index is 0.0997. The van der Waals surface area contributed by atoms with Crippen molar-refractivity contribution >= 4 is 0 Å². The molecule has 12 heavy (non-hydrogen) atoms. The SMILES string of the molecule is CC(C)NCC1(C)CCCCO1. The van der Waals surface area contributed by atoms with Crippen molar-refractivity contribution in [2.75, 3.05) is 13.2 Å². The van der Waals surface area contributed by atoms with Crippen LogP contribution < -0.4 is 5.32 Å². The van der Waals surface area contributed by atoms with Crippen LogP contribution >= 0.6 is 0 Å². The van der Waals surface area contributed by atoms with Gasteiger partial charge in [0.1, 0.15) is 0 Å². The van der Waals surface area contributed by atoms with E-state index in [0.29, 0.717) is 6.04 Å². The third-order valence-electron chi connectivity index (χ3n) is 2.43. The summed E-state index contributed by atoms with van der Waals surface area (Å²) in [4.78, 5) is 0. The number of hydrogen-bond acceptors (Lipinski definition) is 2. The maximum atomic E-state index is 5.75. The minimum Gasteiger partial charge on any atom is -0.374 e.